The van der Waals surface area contributed by atoms with Crippen LogP contribution in [0.15, 0.2) is 69.7 Å². The van der Waals surface area contributed by atoms with E-state index in [2.05, 4.69) is 9.82 Å². The first kappa shape index (κ1) is 19.4. The summed E-state index contributed by atoms with van der Waals surface area (Å²) in [5.74, 6) is 0.497. The van der Waals surface area contributed by atoms with Crippen LogP contribution in [0.4, 0.5) is 5.69 Å². The van der Waals surface area contributed by atoms with Crippen LogP contribution in [0.1, 0.15) is 40.4 Å². The number of rotatable bonds is 6. The maximum absolute atomic E-state index is 12.9. The fraction of sp³-hybridized carbons (Fsp3) is 0.200. The molecular formula is C20H19N3O4S2. The molecular weight excluding hydrogens is 410 g/mol. The summed E-state index contributed by atoms with van der Waals surface area (Å²) >= 11 is 1.37. The van der Waals surface area contributed by atoms with E-state index in [-0.39, 0.29) is 17.7 Å². The highest BCUT2D eigenvalue weighted by Gasteiger charge is 2.35. The summed E-state index contributed by atoms with van der Waals surface area (Å²) in [6.07, 6.45) is 2.08. The maximum atomic E-state index is 12.9. The van der Waals surface area contributed by atoms with Crippen LogP contribution in [0.3, 0.4) is 0 Å². The van der Waals surface area contributed by atoms with Crippen molar-refractivity contribution in [3.8, 4) is 0 Å². The van der Waals surface area contributed by atoms with Gasteiger partial charge in [-0.25, -0.2) is 13.4 Å². The highest BCUT2D eigenvalue weighted by molar-refractivity contribution is 7.92. The number of hydrazone groups is 1. The smallest absolute Gasteiger partial charge is 0.284 e. The Kier molecular flexibility index (Phi) is 5.25. The normalized spacial score (nSPS) is 16.7. The Bertz CT molecular complexity index is 1120. The summed E-state index contributed by atoms with van der Waals surface area (Å²) in [5, 5.41) is 7.90. The van der Waals surface area contributed by atoms with Crippen LogP contribution in [0, 0.1) is 0 Å². The third-order valence-electron chi connectivity index (χ3n) is 4.59. The van der Waals surface area contributed by atoms with Crippen LogP contribution in [-0.4, -0.2) is 30.8 Å². The molecule has 1 atom stereocenters. The molecule has 0 saturated heterocycles. The van der Waals surface area contributed by atoms with E-state index >= 15 is 0 Å². The van der Waals surface area contributed by atoms with Crippen molar-refractivity contribution in [2.45, 2.75) is 19.4 Å². The van der Waals surface area contributed by atoms with Gasteiger partial charge in [-0.3, -0.25) is 9.52 Å². The lowest BCUT2D eigenvalue weighted by atomic mass is 10.0. The number of furan rings is 1. The standard InChI is InChI=1S/C20H19N3O4S2/c1-2-29(25,26)22-15-9-7-14(8-10-15)16-13-17(18-5-3-11-27-18)23(21-16)20(24)19-6-4-12-28-19/h3-12,17,22H,2,13H2,1H3. The number of amides is 1. The van der Waals surface area contributed by atoms with Crippen molar-refractivity contribution in [1.82, 2.24) is 5.01 Å². The molecule has 1 aromatic carbocycles. The molecule has 0 radical (unpaired) electrons. The number of hydrogen-bond donors (Lipinski definition) is 1. The van der Waals surface area contributed by atoms with Gasteiger partial charge in [0.25, 0.3) is 5.91 Å². The van der Waals surface area contributed by atoms with E-state index in [4.69, 9.17) is 4.42 Å². The second-order valence-corrected chi connectivity index (χ2v) is 9.45. The first-order chi connectivity index (χ1) is 14.0. The molecule has 1 amide bonds. The van der Waals surface area contributed by atoms with Crippen molar-refractivity contribution in [1.29, 1.82) is 0 Å². The van der Waals surface area contributed by atoms with Crippen molar-refractivity contribution < 1.29 is 17.6 Å². The first-order valence-corrected chi connectivity index (χ1v) is 11.6. The van der Waals surface area contributed by atoms with Crippen LogP contribution in [0.5, 0.6) is 0 Å². The maximum Gasteiger partial charge on any atom is 0.284 e. The van der Waals surface area contributed by atoms with Crippen LogP contribution in [0.2, 0.25) is 0 Å². The Morgan fingerprint density at radius 3 is 2.66 bits per heavy atom. The average molecular weight is 430 g/mol. The molecule has 9 heteroatoms. The molecule has 1 unspecified atom stereocenters. The molecule has 2 aromatic heterocycles. The molecule has 150 valence electrons. The van der Waals surface area contributed by atoms with Crippen LogP contribution in [-0.2, 0) is 10.0 Å². The van der Waals surface area contributed by atoms with E-state index in [0.29, 0.717) is 22.7 Å². The number of nitrogens with zero attached hydrogens (tertiary/aromatic N) is 2. The topological polar surface area (TPSA) is 92.0 Å². The van der Waals surface area contributed by atoms with Gasteiger partial charge < -0.3 is 4.42 Å². The summed E-state index contributed by atoms with van der Waals surface area (Å²) in [4.78, 5) is 13.6. The van der Waals surface area contributed by atoms with Gasteiger partial charge in [-0.1, -0.05) is 18.2 Å². The fourth-order valence-electron chi connectivity index (χ4n) is 3.07. The predicted molar refractivity (Wildman–Crippen MR) is 113 cm³/mol. The molecule has 0 aliphatic carbocycles. The van der Waals surface area contributed by atoms with Crippen molar-refractivity contribution >= 4 is 38.7 Å². The van der Waals surface area contributed by atoms with Gasteiger partial charge in [0.1, 0.15) is 11.8 Å². The van der Waals surface area contributed by atoms with Crippen LogP contribution >= 0.6 is 11.3 Å². The van der Waals surface area contributed by atoms with Crippen molar-refractivity contribution in [3.63, 3.8) is 0 Å². The van der Waals surface area contributed by atoms with E-state index in [1.807, 2.05) is 17.5 Å². The number of nitrogens with one attached hydrogen (secondary N) is 1. The quantitative estimate of drug-likeness (QED) is 0.639. The Labute approximate surface area is 172 Å². The van der Waals surface area contributed by atoms with E-state index in [9.17, 15) is 13.2 Å². The first-order valence-electron chi connectivity index (χ1n) is 9.05. The number of carbonyl (C=O) groups is 1. The molecule has 0 bridgehead atoms. The van der Waals surface area contributed by atoms with Crippen molar-refractivity contribution in [2.75, 3.05) is 10.5 Å². The van der Waals surface area contributed by atoms with Gasteiger partial charge in [-0.15, -0.1) is 11.3 Å². The number of benzene rings is 1. The molecule has 1 N–H and O–H groups in total. The number of sulfonamides is 1. The third-order valence-corrected chi connectivity index (χ3v) is 6.76. The third kappa shape index (κ3) is 4.10. The summed E-state index contributed by atoms with van der Waals surface area (Å²) in [7, 11) is -3.33. The Morgan fingerprint density at radius 2 is 2.03 bits per heavy atom. The molecule has 4 rings (SSSR count). The Morgan fingerprint density at radius 1 is 1.24 bits per heavy atom. The Balaban J connectivity index is 1.62. The van der Waals surface area contributed by atoms with Gasteiger partial charge in [0.2, 0.25) is 10.0 Å². The predicted octanol–water partition coefficient (Wildman–Crippen LogP) is 4.09. The monoisotopic (exact) mass is 429 g/mol. The second kappa shape index (κ2) is 7.84. The number of carbonyl (C=O) groups excluding carboxylic acids is 1. The van der Waals surface area contributed by atoms with E-state index in [1.165, 1.54) is 16.3 Å². The van der Waals surface area contributed by atoms with Gasteiger partial charge >= 0.3 is 0 Å². The minimum Gasteiger partial charge on any atom is -0.467 e. The number of anilines is 1. The van der Waals surface area contributed by atoms with Crippen LogP contribution in [0.25, 0.3) is 0 Å². The van der Waals surface area contributed by atoms with E-state index in [0.717, 1.165) is 11.3 Å². The highest BCUT2D eigenvalue weighted by Crippen LogP contribution is 2.35. The lowest BCUT2D eigenvalue weighted by molar-refractivity contribution is 0.0698. The number of hydrogen-bond acceptors (Lipinski definition) is 6. The molecule has 1 aliphatic rings. The SMILES string of the molecule is CCS(=O)(=O)Nc1ccc(C2=NN(C(=O)c3cccs3)C(c3ccco3)C2)cc1. The molecule has 0 fully saturated rings. The number of thiophene rings is 1. The molecule has 3 aromatic rings. The van der Waals surface area contributed by atoms with Gasteiger partial charge in [0, 0.05) is 12.1 Å². The van der Waals surface area contributed by atoms with Gasteiger partial charge in [-0.2, -0.15) is 5.10 Å². The summed E-state index contributed by atoms with van der Waals surface area (Å²) in [5.41, 5.74) is 2.05. The van der Waals surface area contributed by atoms with Crippen molar-refractivity contribution in [2.24, 2.45) is 5.10 Å². The molecule has 3 heterocycles. The van der Waals surface area contributed by atoms with Crippen molar-refractivity contribution in [3.05, 3.63) is 76.4 Å². The zero-order valence-corrected chi connectivity index (χ0v) is 17.2. The van der Waals surface area contributed by atoms with Gasteiger partial charge in [0.05, 0.1) is 22.6 Å². The van der Waals surface area contributed by atoms with Crippen LogP contribution < -0.4 is 4.72 Å². The largest absolute Gasteiger partial charge is 0.467 e. The lowest BCUT2D eigenvalue weighted by Gasteiger charge is -2.19. The zero-order valence-electron chi connectivity index (χ0n) is 15.6. The molecule has 0 spiro atoms. The van der Waals surface area contributed by atoms with E-state index < -0.39 is 10.0 Å². The lowest BCUT2D eigenvalue weighted by Crippen LogP contribution is -2.26. The van der Waals surface area contributed by atoms with E-state index in [1.54, 1.807) is 49.6 Å². The minimum atomic E-state index is -3.33. The zero-order chi connectivity index (χ0) is 20.4. The summed E-state index contributed by atoms with van der Waals surface area (Å²) in [6, 6.07) is 13.9. The average Bonchev–Trinajstić information content (AvgIpc) is 3.49. The Hall–Kier alpha value is -2.91. The molecule has 29 heavy (non-hydrogen) atoms. The fourth-order valence-corrected chi connectivity index (χ4v) is 4.36. The molecule has 7 nitrogen and oxygen atoms in total. The van der Waals surface area contributed by atoms with Gasteiger partial charge in [-0.05, 0) is 48.2 Å². The summed E-state index contributed by atoms with van der Waals surface area (Å²) < 4.78 is 31.5. The minimum absolute atomic E-state index is 0.00603. The molecule has 1 aliphatic heterocycles. The highest BCUT2D eigenvalue weighted by atomic mass is 32.2. The summed E-state index contributed by atoms with van der Waals surface area (Å²) in [6.45, 7) is 1.58. The molecule has 0 saturated carbocycles. The van der Waals surface area contributed by atoms with Gasteiger partial charge in [0.15, 0.2) is 0 Å². The second-order valence-electron chi connectivity index (χ2n) is 6.49.